The first kappa shape index (κ1) is 23.4. The van der Waals surface area contributed by atoms with E-state index in [4.69, 9.17) is 14.8 Å². The maximum atomic E-state index is 5.35. The average Bonchev–Trinajstić information content (AvgIpc) is 3.44. The number of halogens is 1. The lowest BCUT2D eigenvalue weighted by molar-refractivity contribution is 0.138. The number of aliphatic imine (C=N–C) groups is 1. The zero-order chi connectivity index (χ0) is 19.0. The van der Waals surface area contributed by atoms with Crippen LogP contribution in [-0.2, 0) is 11.3 Å². The first-order valence-corrected chi connectivity index (χ1v) is 10.8. The van der Waals surface area contributed by atoms with Gasteiger partial charge in [0.1, 0.15) is 0 Å². The van der Waals surface area contributed by atoms with Gasteiger partial charge < -0.3 is 15.4 Å². The molecule has 2 aliphatic carbocycles. The zero-order valence-electron chi connectivity index (χ0n) is 17.6. The van der Waals surface area contributed by atoms with Gasteiger partial charge >= 0.3 is 0 Å². The van der Waals surface area contributed by atoms with Gasteiger partial charge in [-0.2, -0.15) is 5.10 Å². The largest absolute Gasteiger partial charge is 0.385 e. The summed E-state index contributed by atoms with van der Waals surface area (Å²) < 4.78 is 7.50. The van der Waals surface area contributed by atoms with Gasteiger partial charge in [0.2, 0.25) is 0 Å². The van der Waals surface area contributed by atoms with Gasteiger partial charge in [-0.15, -0.1) is 24.0 Å². The first-order valence-electron chi connectivity index (χ1n) is 10.8. The number of ether oxygens (including phenoxy) is 1. The highest BCUT2D eigenvalue weighted by molar-refractivity contribution is 14.0. The fourth-order valence-electron chi connectivity index (χ4n) is 4.57. The Morgan fingerprint density at radius 1 is 1.25 bits per heavy atom. The lowest BCUT2D eigenvalue weighted by Crippen LogP contribution is -2.43. The Hall–Kier alpha value is -0.830. The van der Waals surface area contributed by atoms with Crippen molar-refractivity contribution < 1.29 is 4.74 Å². The average molecular weight is 503 g/mol. The number of methoxy groups -OCH3 is 1. The molecule has 0 amide bonds. The van der Waals surface area contributed by atoms with Crippen LogP contribution in [0.15, 0.2) is 17.3 Å². The highest BCUT2D eigenvalue weighted by atomic mass is 127. The lowest BCUT2D eigenvalue weighted by atomic mass is 9.83. The third kappa shape index (κ3) is 6.61. The van der Waals surface area contributed by atoms with Crippen molar-refractivity contribution in [2.24, 2.45) is 10.4 Å². The Bertz CT molecular complexity index is 591. The number of nitrogens with zero attached hydrogens (tertiary/aromatic N) is 3. The molecule has 0 bridgehead atoms. The van der Waals surface area contributed by atoms with Gasteiger partial charge in [-0.1, -0.05) is 25.7 Å². The van der Waals surface area contributed by atoms with Crippen LogP contribution in [0.25, 0.3) is 0 Å². The monoisotopic (exact) mass is 503 g/mol. The van der Waals surface area contributed by atoms with Crippen LogP contribution in [0, 0.1) is 5.41 Å². The van der Waals surface area contributed by atoms with Gasteiger partial charge in [-0.05, 0) is 50.5 Å². The summed E-state index contributed by atoms with van der Waals surface area (Å²) in [6.45, 7) is 5.42. The molecule has 0 saturated heterocycles. The molecule has 160 valence electrons. The van der Waals surface area contributed by atoms with Gasteiger partial charge in [0.15, 0.2) is 5.96 Å². The second kappa shape index (κ2) is 12.0. The van der Waals surface area contributed by atoms with Crippen LogP contribution in [0.1, 0.15) is 76.4 Å². The molecule has 3 rings (SSSR count). The molecule has 0 atom stereocenters. The third-order valence-corrected chi connectivity index (χ3v) is 6.24. The molecule has 7 heteroatoms. The number of aromatic nitrogens is 2. The summed E-state index contributed by atoms with van der Waals surface area (Å²) in [5.74, 6) is 0.900. The Morgan fingerprint density at radius 3 is 2.68 bits per heavy atom. The predicted octanol–water partition coefficient (Wildman–Crippen LogP) is 4.27. The number of nitrogens with one attached hydrogen (secondary N) is 2. The molecule has 2 N–H and O–H groups in total. The summed E-state index contributed by atoms with van der Waals surface area (Å²) in [4.78, 5) is 4.78. The Morgan fingerprint density at radius 2 is 2.00 bits per heavy atom. The fourth-order valence-corrected chi connectivity index (χ4v) is 4.57. The summed E-state index contributed by atoms with van der Waals surface area (Å²) >= 11 is 0. The minimum atomic E-state index is 0. The molecule has 2 fully saturated rings. The van der Waals surface area contributed by atoms with E-state index in [0.717, 1.165) is 37.8 Å². The van der Waals surface area contributed by atoms with Crippen LogP contribution < -0.4 is 10.6 Å². The Labute approximate surface area is 187 Å². The minimum absolute atomic E-state index is 0. The molecule has 0 aromatic carbocycles. The van der Waals surface area contributed by atoms with Gasteiger partial charge in [0.25, 0.3) is 0 Å². The van der Waals surface area contributed by atoms with E-state index in [9.17, 15) is 0 Å². The van der Waals surface area contributed by atoms with Crippen LogP contribution in [0.3, 0.4) is 0 Å². The van der Waals surface area contributed by atoms with Crippen LogP contribution in [0.4, 0.5) is 0 Å². The molecule has 1 aromatic rings. The number of rotatable bonds is 9. The number of hydrogen-bond acceptors (Lipinski definition) is 3. The number of guanidine groups is 1. The maximum Gasteiger partial charge on any atom is 0.191 e. The van der Waals surface area contributed by atoms with Crippen LogP contribution in [-0.4, -0.2) is 42.5 Å². The van der Waals surface area contributed by atoms with Crippen LogP contribution >= 0.6 is 24.0 Å². The molecule has 1 heterocycles. The van der Waals surface area contributed by atoms with Gasteiger partial charge in [-0.3, -0.25) is 4.68 Å². The molecular weight excluding hydrogens is 465 g/mol. The SMILES string of the molecule is CCNC(=NCc1ccn(C2CCCC2)n1)NCC1(CCOC)CCCC1.I. The first-order chi connectivity index (χ1) is 13.2. The summed E-state index contributed by atoms with van der Waals surface area (Å²) in [5, 5.41) is 11.7. The molecule has 0 spiro atoms. The van der Waals surface area contributed by atoms with E-state index in [1.54, 1.807) is 7.11 Å². The molecule has 28 heavy (non-hydrogen) atoms. The van der Waals surface area contributed by atoms with E-state index in [0.29, 0.717) is 18.0 Å². The van der Waals surface area contributed by atoms with E-state index in [1.807, 2.05) is 0 Å². The third-order valence-electron chi connectivity index (χ3n) is 6.24. The second-order valence-electron chi connectivity index (χ2n) is 8.22. The highest BCUT2D eigenvalue weighted by Gasteiger charge is 2.33. The molecule has 2 saturated carbocycles. The van der Waals surface area contributed by atoms with Gasteiger partial charge in [0, 0.05) is 33.0 Å². The Kier molecular flexibility index (Phi) is 10.0. The van der Waals surface area contributed by atoms with Gasteiger partial charge in [-0.25, -0.2) is 4.99 Å². The molecule has 6 nitrogen and oxygen atoms in total. The summed E-state index contributed by atoms with van der Waals surface area (Å²) in [6, 6.07) is 2.71. The van der Waals surface area contributed by atoms with Crippen molar-refractivity contribution in [3.63, 3.8) is 0 Å². The van der Waals surface area contributed by atoms with Crippen LogP contribution in [0.2, 0.25) is 0 Å². The zero-order valence-corrected chi connectivity index (χ0v) is 19.9. The number of hydrogen-bond donors (Lipinski definition) is 2. The van der Waals surface area contributed by atoms with E-state index in [1.165, 1.54) is 51.4 Å². The highest BCUT2D eigenvalue weighted by Crippen LogP contribution is 2.40. The Balaban J connectivity index is 0.00000280. The molecular formula is C21H38IN5O. The lowest BCUT2D eigenvalue weighted by Gasteiger charge is -2.30. The van der Waals surface area contributed by atoms with Crippen molar-refractivity contribution in [1.82, 2.24) is 20.4 Å². The van der Waals surface area contributed by atoms with Crippen molar-refractivity contribution in [1.29, 1.82) is 0 Å². The molecule has 0 radical (unpaired) electrons. The molecule has 1 aromatic heterocycles. The van der Waals surface area contributed by atoms with E-state index in [2.05, 4.69) is 34.5 Å². The van der Waals surface area contributed by atoms with Gasteiger partial charge in [0.05, 0.1) is 18.3 Å². The quantitative estimate of drug-likeness (QED) is 0.300. The van der Waals surface area contributed by atoms with Crippen molar-refractivity contribution in [3.8, 4) is 0 Å². The molecule has 2 aliphatic rings. The minimum Gasteiger partial charge on any atom is -0.385 e. The molecule has 0 aliphatic heterocycles. The van der Waals surface area contributed by atoms with Crippen LogP contribution in [0.5, 0.6) is 0 Å². The second-order valence-corrected chi connectivity index (χ2v) is 8.22. The van der Waals surface area contributed by atoms with Crippen molar-refractivity contribution in [2.45, 2.75) is 77.3 Å². The standard InChI is InChI=1S/C21H37N5O.HI/c1-3-22-20(24-17-21(13-15-27-2)11-6-7-12-21)23-16-18-10-14-26(25-18)19-8-4-5-9-19;/h10,14,19H,3-9,11-13,15-17H2,1-2H3,(H2,22,23,24);1H. The summed E-state index contributed by atoms with van der Waals surface area (Å²) in [7, 11) is 1.80. The van der Waals surface area contributed by atoms with E-state index < -0.39 is 0 Å². The maximum absolute atomic E-state index is 5.35. The fraction of sp³-hybridized carbons (Fsp3) is 0.810. The topological polar surface area (TPSA) is 63.5 Å². The van der Waals surface area contributed by atoms with Crippen molar-refractivity contribution in [3.05, 3.63) is 18.0 Å². The van der Waals surface area contributed by atoms with Crippen molar-refractivity contribution >= 4 is 29.9 Å². The molecule has 0 unspecified atom stereocenters. The summed E-state index contributed by atoms with van der Waals surface area (Å²) in [6.07, 6.45) is 13.7. The van der Waals surface area contributed by atoms with E-state index in [-0.39, 0.29) is 24.0 Å². The predicted molar refractivity (Wildman–Crippen MR) is 125 cm³/mol. The normalized spacial score (nSPS) is 19.6. The summed E-state index contributed by atoms with van der Waals surface area (Å²) in [5.41, 5.74) is 1.41. The smallest absolute Gasteiger partial charge is 0.191 e. The van der Waals surface area contributed by atoms with Crippen molar-refractivity contribution in [2.75, 3.05) is 26.8 Å². The van der Waals surface area contributed by atoms with E-state index >= 15 is 0 Å².